The maximum absolute atomic E-state index is 5.74. The largest absolute Gasteiger partial charge is 0.377 e. The molecule has 0 radical (unpaired) electrons. The molecule has 2 N–H and O–H groups in total. The van der Waals surface area contributed by atoms with Crippen molar-refractivity contribution in [2.75, 3.05) is 31.2 Å². The second-order valence-corrected chi connectivity index (χ2v) is 5.39. The van der Waals surface area contributed by atoms with Crippen LogP contribution in [0.25, 0.3) is 0 Å². The van der Waals surface area contributed by atoms with E-state index < -0.39 is 0 Å². The smallest absolute Gasteiger partial charge is 0.143 e. The molecule has 1 unspecified atom stereocenters. The van der Waals surface area contributed by atoms with Crippen LogP contribution in [0.4, 0.5) is 5.82 Å². The number of hydrogen-bond donors (Lipinski definition) is 1. The van der Waals surface area contributed by atoms with Gasteiger partial charge in [0.2, 0.25) is 0 Å². The number of hydrogen-bond acceptors (Lipinski definition) is 4. The molecule has 1 saturated heterocycles. The first-order chi connectivity index (χ1) is 7.72. The van der Waals surface area contributed by atoms with Gasteiger partial charge in [0, 0.05) is 23.8 Å². The molecule has 0 amide bonds. The second kappa shape index (κ2) is 5.44. The van der Waals surface area contributed by atoms with Crippen molar-refractivity contribution >= 4 is 37.7 Å². The first-order valence-corrected chi connectivity index (χ1v) is 6.66. The molecule has 0 spiro atoms. The number of pyridine rings is 1. The maximum Gasteiger partial charge on any atom is 0.143 e. The summed E-state index contributed by atoms with van der Waals surface area (Å²) in [7, 11) is 0. The fourth-order valence-corrected chi connectivity index (χ4v) is 2.96. The third-order valence-corrected chi connectivity index (χ3v) is 3.58. The molecule has 4 nitrogen and oxygen atoms in total. The molecule has 0 bridgehead atoms. The van der Waals surface area contributed by atoms with E-state index in [1.165, 1.54) is 0 Å². The highest BCUT2D eigenvalue weighted by molar-refractivity contribution is 9.11. The Morgan fingerprint density at radius 1 is 1.56 bits per heavy atom. The summed E-state index contributed by atoms with van der Waals surface area (Å²) in [5.41, 5.74) is 5.74. The lowest BCUT2D eigenvalue weighted by molar-refractivity contribution is 0.0958. The van der Waals surface area contributed by atoms with E-state index in [2.05, 4.69) is 41.7 Å². The highest BCUT2D eigenvalue weighted by Crippen LogP contribution is 2.28. The molecule has 0 saturated carbocycles. The highest BCUT2D eigenvalue weighted by Gasteiger charge is 2.24. The average Bonchev–Trinajstić information content (AvgIpc) is 2.29. The number of halogens is 2. The van der Waals surface area contributed by atoms with Crippen molar-refractivity contribution < 1.29 is 4.74 Å². The van der Waals surface area contributed by atoms with Gasteiger partial charge in [-0.25, -0.2) is 4.98 Å². The standard InChI is InChI=1S/C10H13Br2N3O/c11-7-3-9(12)10(14-5-7)15-1-2-16-6-8(15)4-13/h3,5,8H,1-2,4,6,13H2. The maximum atomic E-state index is 5.74. The molecule has 1 aromatic rings. The van der Waals surface area contributed by atoms with E-state index in [0.29, 0.717) is 13.2 Å². The lowest BCUT2D eigenvalue weighted by Crippen LogP contribution is -2.50. The van der Waals surface area contributed by atoms with Crippen LogP contribution < -0.4 is 10.6 Å². The topological polar surface area (TPSA) is 51.4 Å². The zero-order valence-electron chi connectivity index (χ0n) is 8.70. The van der Waals surface area contributed by atoms with Crippen molar-refractivity contribution in [1.82, 2.24) is 4.98 Å². The zero-order valence-corrected chi connectivity index (χ0v) is 11.9. The molecule has 88 valence electrons. The lowest BCUT2D eigenvalue weighted by Gasteiger charge is -2.36. The van der Waals surface area contributed by atoms with Crippen molar-refractivity contribution in [3.63, 3.8) is 0 Å². The molecule has 1 aromatic heterocycles. The van der Waals surface area contributed by atoms with E-state index in [9.17, 15) is 0 Å². The van der Waals surface area contributed by atoms with Crippen LogP contribution in [0.3, 0.4) is 0 Å². The predicted octanol–water partition coefficient (Wildman–Crippen LogP) is 1.77. The number of ether oxygens (including phenoxy) is 1. The Balaban J connectivity index is 2.27. The van der Waals surface area contributed by atoms with Crippen LogP contribution in [0.2, 0.25) is 0 Å². The van der Waals surface area contributed by atoms with E-state index >= 15 is 0 Å². The van der Waals surface area contributed by atoms with Gasteiger partial charge in [0.05, 0.1) is 23.7 Å². The van der Waals surface area contributed by atoms with E-state index in [-0.39, 0.29) is 6.04 Å². The van der Waals surface area contributed by atoms with Gasteiger partial charge in [-0.15, -0.1) is 0 Å². The van der Waals surface area contributed by atoms with Gasteiger partial charge in [0.25, 0.3) is 0 Å². The molecule has 6 heteroatoms. The molecule has 0 aromatic carbocycles. The lowest BCUT2D eigenvalue weighted by atomic mass is 10.2. The Morgan fingerprint density at radius 3 is 3.06 bits per heavy atom. The molecule has 1 fully saturated rings. The monoisotopic (exact) mass is 349 g/mol. The van der Waals surface area contributed by atoms with Gasteiger partial charge in [-0.05, 0) is 37.9 Å². The fraction of sp³-hybridized carbons (Fsp3) is 0.500. The number of nitrogens with two attached hydrogens (primary N) is 1. The molecule has 1 atom stereocenters. The van der Waals surface area contributed by atoms with Crippen molar-refractivity contribution in [3.05, 3.63) is 21.2 Å². The van der Waals surface area contributed by atoms with Gasteiger partial charge in [-0.2, -0.15) is 0 Å². The summed E-state index contributed by atoms with van der Waals surface area (Å²) >= 11 is 6.92. The minimum absolute atomic E-state index is 0.207. The first-order valence-electron chi connectivity index (χ1n) is 5.08. The van der Waals surface area contributed by atoms with Crippen LogP contribution in [0.15, 0.2) is 21.2 Å². The van der Waals surface area contributed by atoms with Crippen LogP contribution in [-0.4, -0.2) is 37.3 Å². The number of nitrogens with zero attached hydrogens (tertiary/aromatic N) is 2. The minimum atomic E-state index is 0.207. The van der Waals surface area contributed by atoms with Crippen molar-refractivity contribution in [3.8, 4) is 0 Å². The number of rotatable bonds is 2. The Labute approximate surface area is 111 Å². The quantitative estimate of drug-likeness (QED) is 0.883. The highest BCUT2D eigenvalue weighted by atomic mass is 79.9. The summed E-state index contributed by atoms with van der Waals surface area (Å²) in [4.78, 5) is 6.62. The zero-order chi connectivity index (χ0) is 11.5. The molecule has 2 rings (SSSR count). The Bertz CT molecular complexity index is 375. The van der Waals surface area contributed by atoms with Gasteiger partial charge in [0.15, 0.2) is 0 Å². The van der Waals surface area contributed by atoms with Crippen LogP contribution >= 0.6 is 31.9 Å². The van der Waals surface area contributed by atoms with Crippen LogP contribution in [0, 0.1) is 0 Å². The van der Waals surface area contributed by atoms with Gasteiger partial charge in [0.1, 0.15) is 5.82 Å². The molecule has 2 heterocycles. The summed E-state index contributed by atoms with van der Waals surface area (Å²) in [6, 6.07) is 2.20. The summed E-state index contributed by atoms with van der Waals surface area (Å²) in [5.74, 6) is 0.932. The van der Waals surface area contributed by atoms with E-state index in [4.69, 9.17) is 10.5 Å². The third kappa shape index (κ3) is 2.56. The van der Waals surface area contributed by atoms with Crippen molar-refractivity contribution in [2.45, 2.75) is 6.04 Å². The van der Waals surface area contributed by atoms with Crippen molar-refractivity contribution in [2.24, 2.45) is 5.73 Å². The normalized spacial score (nSPS) is 21.2. The van der Waals surface area contributed by atoms with Gasteiger partial charge < -0.3 is 15.4 Å². The minimum Gasteiger partial charge on any atom is -0.377 e. The van der Waals surface area contributed by atoms with E-state index in [1.54, 1.807) is 6.20 Å². The SMILES string of the molecule is NCC1COCCN1c1ncc(Br)cc1Br. The van der Waals surface area contributed by atoms with Crippen molar-refractivity contribution in [1.29, 1.82) is 0 Å². The third-order valence-electron chi connectivity index (χ3n) is 2.56. The fourth-order valence-electron chi connectivity index (χ4n) is 1.75. The summed E-state index contributed by atoms with van der Waals surface area (Å²) in [6.07, 6.45) is 1.79. The van der Waals surface area contributed by atoms with Gasteiger partial charge in [-0.3, -0.25) is 0 Å². The molecule has 0 aliphatic carbocycles. The number of anilines is 1. The molecule has 1 aliphatic heterocycles. The average molecular weight is 351 g/mol. The summed E-state index contributed by atoms with van der Waals surface area (Å²) < 4.78 is 7.35. The van der Waals surface area contributed by atoms with Crippen LogP contribution in [0.5, 0.6) is 0 Å². The summed E-state index contributed by atoms with van der Waals surface area (Å²) in [5, 5.41) is 0. The Hall–Kier alpha value is -0.170. The van der Waals surface area contributed by atoms with Crippen LogP contribution in [-0.2, 0) is 4.74 Å². The Kier molecular flexibility index (Phi) is 4.18. The van der Waals surface area contributed by atoms with Gasteiger partial charge in [-0.1, -0.05) is 0 Å². The number of morpholine rings is 1. The first kappa shape index (κ1) is 12.3. The van der Waals surface area contributed by atoms with E-state index in [1.807, 2.05) is 6.07 Å². The summed E-state index contributed by atoms with van der Waals surface area (Å²) in [6.45, 7) is 2.79. The molecule has 16 heavy (non-hydrogen) atoms. The molecular weight excluding hydrogens is 338 g/mol. The predicted molar refractivity (Wildman–Crippen MR) is 70.6 cm³/mol. The Morgan fingerprint density at radius 2 is 2.38 bits per heavy atom. The molecular formula is C10H13Br2N3O. The van der Waals surface area contributed by atoms with Gasteiger partial charge >= 0.3 is 0 Å². The van der Waals surface area contributed by atoms with Crippen LogP contribution in [0.1, 0.15) is 0 Å². The molecule has 1 aliphatic rings. The second-order valence-electron chi connectivity index (χ2n) is 3.62. The van der Waals surface area contributed by atoms with E-state index in [0.717, 1.165) is 27.9 Å². The number of aromatic nitrogens is 1.